The molecule has 2 N–H and O–H groups in total. The third-order valence-corrected chi connectivity index (χ3v) is 4.85. The molecule has 6 nitrogen and oxygen atoms in total. The molecule has 2 heterocycles. The Kier molecular flexibility index (Phi) is 6.79. The Bertz CT molecular complexity index is 361. The summed E-state index contributed by atoms with van der Waals surface area (Å²) in [5.74, 6) is 2.01. The van der Waals surface area contributed by atoms with E-state index >= 15 is 0 Å². The van der Waals surface area contributed by atoms with Crippen LogP contribution in [0.15, 0.2) is 0 Å². The highest BCUT2D eigenvalue weighted by molar-refractivity contribution is 7.99. The number of rotatable bonds is 5. The van der Waals surface area contributed by atoms with Crippen molar-refractivity contribution in [1.29, 1.82) is 0 Å². The first-order valence-electron chi connectivity index (χ1n) is 7.68. The number of morpholine rings is 1. The standard InChI is InChI=1S/C14H25N3O3S/c1-2-3-16-14(19)12-9-20-6-5-17(12)13(18)8-11-10-21-7-4-15-11/h11-12,15H,2-10H2,1H3,(H,16,19). The van der Waals surface area contributed by atoms with Crippen molar-refractivity contribution in [2.24, 2.45) is 0 Å². The van der Waals surface area contributed by atoms with Gasteiger partial charge in [-0.25, -0.2) is 0 Å². The van der Waals surface area contributed by atoms with Crippen LogP contribution in [0.4, 0.5) is 0 Å². The number of nitrogens with one attached hydrogen (secondary N) is 2. The molecule has 2 saturated heterocycles. The van der Waals surface area contributed by atoms with Crippen molar-refractivity contribution in [2.75, 3.05) is 44.4 Å². The number of hydrogen-bond donors (Lipinski definition) is 2. The predicted octanol–water partition coefficient (Wildman–Crippen LogP) is -0.165. The van der Waals surface area contributed by atoms with E-state index in [1.807, 2.05) is 18.7 Å². The molecule has 0 aliphatic carbocycles. The predicted molar refractivity (Wildman–Crippen MR) is 83.4 cm³/mol. The van der Waals surface area contributed by atoms with Gasteiger partial charge < -0.3 is 20.3 Å². The van der Waals surface area contributed by atoms with Gasteiger partial charge in [-0.05, 0) is 6.42 Å². The first-order valence-corrected chi connectivity index (χ1v) is 8.84. The van der Waals surface area contributed by atoms with Crippen molar-refractivity contribution in [3.8, 4) is 0 Å². The van der Waals surface area contributed by atoms with E-state index in [1.54, 1.807) is 4.90 Å². The minimum atomic E-state index is -0.478. The summed E-state index contributed by atoms with van der Waals surface area (Å²) in [5, 5.41) is 6.23. The van der Waals surface area contributed by atoms with E-state index in [0.29, 0.717) is 32.7 Å². The van der Waals surface area contributed by atoms with E-state index in [0.717, 1.165) is 24.5 Å². The summed E-state index contributed by atoms with van der Waals surface area (Å²) in [6, 6.07) is -0.257. The van der Waals surface area contributed by atoms with E-state index < -0.39 is 6.04 Å². The molecular weight excluding hydrogens is 290 g/mol. The maximum Gasteiger partial charge on any atom is 0.245 e. The van der Waals surface area contributed by atoms with Crippen LogP contribution in [0.2, 0.25) is 0 Å². The Balaban J connectivity index is 1.90. The van der Waals surface area contributed by atoms with Crippen LogP contribution in [0.5, 0.6) is 0 Å². The largest absolute Gasteiger partial charge is 0.377 e. The van der Waals surface area contributed by atoms with Crippen molar-refractivity contribution in [3.63, 3.8) is 0 Å². The van der Waals surface area contributed by atoms with Crippen LogP contribution >= 0.6 is 11.8 Å². The second-order valence-electron chi connectivity index (χ2n) is 5.40. The zero-order valence-corrected chi connectivity index (χ0v) is 13.4. The molecule has 0 aromatic rings. The van der Waals surface area contributed by atoms with Crippen molar-refractivity contribution in [2.45, 2.75) is 31.8 Å². The normalized spacial score (nSPS) is 26.4. The molecule has 2 fully saturated rings. The lowest BCUT2D eigenvalue weighted by atomic mass is 10.1. The molecule has 2 aliphatic heterocycles. The number of ether oxygens (including phenoxy) is 1. The Labute approximate surface area is 130 Å². The zero-order chi connectivity index (χ0) is 15.1. The summed E-state index contributed by atoms with van der Waals surface area (Å²) < 4.78 is 5.38. The fourth-order valence-corrected chi connectivity index (χ4v) is 3.51. The van der Waals surface area contributed by atoms with Gasteiger partial charge in [-0.3, -0.25) is 9.59 Å². The van der Waals surface area contributed by atoms with Gasteiger partial charge in [0.1, 0.15) is 6.04 Å². The van der Waals surface area contributed by atoms with E-state index in [2.05, 4.69) is 10.6 Å². The molecule has 7 heteroatoms. The summed E-state index contributed by atoms with van der Waals surface area (Å²) in [4.78, 5) is 26.3. The number of amides is 2. The molecule has 0 bridgehead atoms. The van der Waals surface area contributed by atoms with E-state index in [4.69, 9.17) is 4.74 Å². The van der Waals surface area contributed by atoms with Crippen LogP contribution in [0.3, 0.4) is 0 Å². The second kappa shape index (κ2) is 8.60. The van der Waals surface area contributed by atoms with Crippen LogP contribution in [-0.4, -0.2) is 73.2 Å². The molecule has 2 rings (SSSR count). The van der Waals surface area contributed by atoms with Gasteiger partial charge in [-0.2, -0.15) is 11.8 Å². The highest BCUT2D eigenvalue weighted by Crippen LogP contribution is 2.14. The van der Waals surface area contributed by atoms with Crippen molar-refractivity contribution >= 4 is 23.6 Å². The number of nitrogens with zero attached hydrogens (tertiary/aromatic N) is 1. The minimum absolute atomic E-state index is 0.0509. The summed E-state index contributed by atoms with van der Waals surface area (Å²) in [6.45, 7) is 4.91. The topological polar surface area (TPSA) is 70.7 Å². The highest BCUT2D eigenvalue weighted by atomic mass is 32.2. The minimum Gasteiger partial charge on any atom is -0.377 e. The fourth-order valence-electron chi connectivity index (χ4n) is 2.56. The quantitative estimate of drug-likeness (QED) is 0.737. The molecule has 2 amide bonds. The van der Waals surface area contributed by atoms with Crippen LogP contribution in [0, 0.1) is 0 Å². The van der Waals surface area contributed by atoms with Crippen LogP contribution in [-0.2, 0) is 14.3 Å². The molecule has 2 unspecified atom stereocenters. The van der Waals surface area contributed by atoms with Gasteiger partial charge in [0.05, 0.1) is 13.2 Å². The van der Waals surface area contributed by atoms with Gasteiger partial charge in [0.25, 0.3) is 0 Å². The van der Waals surface area contributed by atoms with Crippen molar-refractivity contribution in [1.82, 2.24) is 15.5 Å². The van der Waals surface area contributed by atoms with Gasteiger partial charge >= 0.3 is 0 Å². The average molecular weight is 315 g/mol. The molecule has 21 heavy (non-hydrogen) atoms. The molecule has 0 aromatic carbocycles. The number of carbonyl (C=O) groups excluding carboxylic acids is 2. The lowest BCUT2D eigenvalue weighted by molar-refractivity contribution is -0.148. The number of carbonyl (C=O) groups is 2. The fraction of sp³-hybridized carbons (Fsp3) is 0.857. The number of hydrogen-bond acceptors (Lipinski definition) is 5. The van der Waals surface area contributed by atoms with Crippen LogP contribution < -0.4 is 10.6 Å². The maximum absolute atomic E-state index is 12.5. The van der Waals surface area contributed by atoms with Gasteiger partial charge in [0.15, 0.2) is 0 Å². The van der Waals surface area contributed by atoms with Gasteiger partial charge in [0, 0.05) is 43.6 Å². The first-order chi connectivity index (χ1) is 10.2. The zero-order valence-electron chi connectivity index (χ0n) is 12.6. The van der Waals surface area contributed by atoms with E-state index in [1.165, 1.54) is 0 Å². The van der Waals surface area contributed by atoms with Crippen LogP contribution in [0.1, 0.15) is 19.8 Å². The van der Waals surface area contributed by atoms with Gasteiger partial charge in [-0.1, -0.05) is 6.92 Å². The average Bonchev–Trinajstić information content (AvgIpc) is 2.53. The van der Waals surface area contributed by atoms with Crippen molar-refractivity contribution in [3.05, 3.63) is 0 Å². The maximum atomic E-state index is 12.5. The van der Waals surface area contributed by atoms with Crippen molar-refractivity contribution < 1.29 is 14.3 Å². The molecule has 0 aromatic heterocycles. The Morgan fingerprint density at radius 1 is 1.48 bits per heavy atom. The lowest BCUT2D eigenvalue weighted by Gasteiger charge is -2.36. The molecule has 120 valence electrons. The molecule has 0 saturated carbocycles. The highest BCUT2D eigenvalue weighted by Gasteiger charge is 2.33. The third-order valence-electron chi connectivity index (χ3n) is 3.72. The van der Waals surface area contributed by atoms with Gasteiger partial charge in [-0.15, -0.1) is 0 Å². The summed E-state index contributed by atoms with van der Waals surface area (Å²) in [6.07, 6.45) is 1.35. The molecule has 2 atom stereocenters. The number of thioether (sulfide) groups is 1. The lowest BCUT2D eigenvalue weighted by Crippen LogP contribution is -2.57. The smallest absolute Gasteiger partial charge is 0.245 e. The molecular formula is C14H25N3O3S. The van der Waals surface area contributed by atoms with Crippen LogP contribution in [0.25, 0.3) is 0 Å². The molecule has 0 spiro atoms. The summed E-state index contributed by atoms with van der Waals surface area (Å²) in [7, 11) is 0. The summed E-state index contributed by atoms with van der Waals surface area (Å²) in [5.41, 5.74) is 0. The Morgan fingerprint density at radius 3 is 3.05 bits per heavy atom. The Hall–Kier alpha value is -0.790. The summed E-state index contributed by atoms with van der Waals surface area (Å²) >= 11 is 1.87. The van der Waals surface area contributed by atoms with Gasteiger partial charge in [0.2, 0.25) is 11.8 Å². The Morgan fingerprint density at radius 2 is 2.33 bits per heavy atom. The third kappa shape index (κ3) is 4.86. The SMILES string of the molecule is CCCNC(=O)C1COCCN1C(=O)CC1CSCCN1. The van der Waals surface area contributed by atoms with E-state index in [9.17, 15) is 9.59 Å². The van der Waals surface area contributed by atoms with E-state index in [-0.39, 0.29) is 17.9 Å². The molecule has 0 radical (unpaired) electrons. The first kappa shape index (κ1) is 16.6. The molecule has 2 aliphatic rings. The second-order valence-corrected chi connectivity index (χ2v) is 6.55. The monoisotopic (exact) mass is 315 g/mol.